The van der Waals surface area contributed by atoms with Gasteiger partial charge in [0.2, 0.25) is 5.55 Å². The fraction of sp³-hybridized carbons (Fsp3) is 0.0500. The summed E-state index contributed by atoms with van der Waals surface area (Å²) in [5, 5.41) is 20.0. The molecule has 0 radical (unpaired) electrons. The molecule has 3 N–H and O–H groups in total. The Bertz CT molecular complexity index is 1180. The molecule has 0 spiro atoms. The van der Waals surface area contributed by atoms with Crippen LogP contribution in [0.1, 0.15) is 26.3 Å². The number of methoxy groups -OCH3 is 1. The van der Waals surface area contributed by atoms with E-state index >= 15 is 0 Å². The van der Waals surface area contributed by atoms with Crippen LogP contribution in [0.4, 0.5) is 10.1 Å². The van der Waals surface area contributed by atoms with Crippen molar-refractivity contribution in [2.75, 3.05) is 12.4 Å². The number of nitrogens with one attached hydrogen (secondary N) is 2. The molecule has 0 bridgehead atoms. The average molecular weight is 417 g/mol. The number of benzene rings is 2. The van der Waals surface area contributed by atoms with E-state index in [1.165, 1.54) is 37.4 Å². The number of rotatable bonds is 5. The van der Waals surface area contributed by atoms with Crippen molar-refractivity contribution >= 4 is 29.0 Å². The smallest absolute Gasteiger partial charge is 0.261 e. The lowest BCUT2D eigenvalue weighted by Gasteiger charge is -2.09. The van der Waals surface area contributed by atoms with Crippen LogP contribution in [0.25, 0.3) is 0 Å². The SMILES string of the molecule is COc1ccc(O)c(C(=O)c2coc(=N)c(C(=O)Nc3ccc(F)c(Cl)c3)c2)c1. The Hall–Kier alpha value is -3.65. The van der Waals surface area contributed by atoms with Gasteiger partial charge in [0.05, 0.1) is 23.3 Å². The van der Waals surface area contributed by atoms with Gasteiger partial charge in [0.15, 0.2) is 5.78 Å². The number of ketones is 1. The third-order valence-corrected chi connectivity index (χ3v) is 4.27. The third-order valence-electron chi connectivity index (χ3n) is 3.98. The van der Waals surface area contributed by atoms with Crippen molar-refractivity contribution in [1.29, 1.82) is 5.41 Å². The fourth-order valence-corrected chi connectivity index (χ4v) is 2.66. The molecule has 0 unspecified atom stereocenters. The molecule has 2 aromatic carbocycles. The highest BCUT2D eigenvalue weighted by molar-refractivity contribution is 6.31. The van der Waals surface area contributed by atoms with Gasteiger partial charge >= 0.3 is 0 Å². The highest BCUT2D eigenvalue weighted by Crippen LogP contribution is 2.25. The van der Waals surface area contributed by atoms with E-state index in [2.05, 4.69) is 5.32 Å². The van der Waals surface area contributed by atoms with E-state index in [-0.39, 0.29) is 33.1 Å². The zero-order valence-electron chi connectivity index (χ0n) is 15.0. The predicted octanol–water partition coefficient (Wildman–Crippen LogP) is 3.75. The topological polar surface area (TPSA) is 113 Å². The number of halogens is 2. The second-order valence-corrected chi connectivity index (χ2v) is 6.28. The second kappa shape index (κ2) is 8.15. The summed E-state index contributed by atoms with van der Waals surface area (Å²) in [6.07, 6.45) is 1.01. The highest BCUT2D eigenvalue weighted by Gasteiger charge is 2.19. The first-order chi connectivity index (χ1) is 13.8. The number of hydrogen-bond acceptors (Lipinski definition) is 6. The number of anilines is 1. The summed E-state index contributed by atoms with van der Waals surface area (Å²) in [6.45, 7) is 0. The molecule has 3 aromatic rings. The van der Waals surface area contributed by atoms with Crippen LogP contribution in [0, 0.1) is 11.2 Å². The fourth-order valence-electron chi connectivity index (χ4n) is 2.48. The number of phenols is 1. The lowest BCUT2D eigenvalue weighted by atomic mass is 10.0. The van der Waals surface area contributed by atoms with Crippen LogP contribution in [0.5, 0.6) is 11.5 Å². The molecule has 0 aliphatic rings. The zero-order valence-corrected chi connectivity index (χ0v) is 15.7. The van der Waals surface area contributed by atoms with Gasteiger partial charge in [-0.05, 0) is 42.5 Å². The molecule has 0 saturated carbocycles. The van der Waals surface area contributed by atoms with Crippen molar-refractivity contribution in [2.24, 2.45) is 0 Å². The van der Waals surface area contributed by atoms with Gasteiger partial charge in [-0.3, -0.25) is 15.0 Å². The molecule has 1 aromatic heterocycles. The summed E-state index contributed by atoms with van der Waals surface area (Å²) in [7, 11) is 1.41. The first-order valence-electron chi connectivity index (χ1n) is 8.15. The van der Waals surface area contributed by atoms with Crippen molar-refractivity contribution in [3.8, 4) is 11.5 Å². The molecule has 148 valence electrons. The molecule has 7 nitrogen and oxygen atoms in total. The minimum absolute atomic E-state index is 0.0612. The number of aromatic hydroxyl groups is 1. The standard InChI is InChI=1S/C20H14ClFN2O5/c1-28-12-3-5-17(25)13(8-12)18(26)10-6-14(19(23)29-9-10)20(27)24-11-2-4-16(22)15(21)7-11/h2-9,23,25H,1H3,(H,24,27). The van der Waals surface area contributed by atoms with E-state index in [4.69, 9.17) is 26.2 Å². The molecule has 29 heavy (non-hydrogen) atoms. The van der Waals surface area contributed by atoms with E-state index < -0.39 is 23.1 Å². The van der Waals surface area contributed by atoms with Gasteiger partial charge in [0, 0.05) is 5.69 Å². The lowest BCUT2D eigenvalue weighted by Crippen LogP contribution is -2.22. The molecule has 3 rings (SSSR count). The molecule has 0 saturated heterocycles. The van der Waals surface area contributed by atoms with Crippen molar-refractivity contribution in [3.05, 3.63) is 81.8 Å². The summed E-state index contributed by atoms with van der Waals surface area (Å²) in [5.74, 6) is -1.97. The van der Waals surface area contributed by atoms with E-state index in [0.29, 0.717) is 5.75 Å². The minimum atomic E-state index is -0.758. The zero-order chi connectivity index (χ0) is 21.1. The Labute approximate surface area is 168 Å². The summed E-state index contributed by atoms with van der Waals surface area (Å²) in [6, 6.07) is 8.86. The largest absolute Gasteiger partial charge is 0.507 e. The second-order valence-electron chi connectivity index (χ2n) is 5.87. The average Bonchev–Trinajstić information content (AvgIpc) is 2.71. The summed E-state index contributed by atoms with van der Waals surface area (Å²) in [4.78, 5) is 25.2. The number of ether oxygens (including phenoxy) is 1. The van der Waals surface area contributed by atoms with Crippen molar-refractivity contribution in [1.82, 2.24) is 0 Å². The van der Waals surface area contributed by atoms with Gasteiger partial charge in [-0.25, -0.2) is 4.39 Å². The van der Waals surface area contributed by atoms with Crippen LogP contribution < -0.4 is 15.6 Å². The lowest BCUT2D eigenvalue weighted by molar-refractivity contribution is 0.102. The number of carbonyl (C=O) groups excluding carboxylic acids is 2. The Morgan fingerprint density at radius 3 is 2.62 bits per heavy atom. The van der Waals surface area contributed by atoms with Crippen LogP contribution in [-0.4, -0.2) is 23.9 Å². The minimum Gasteiger partial charge on any atom is -0.507 e. The van der Waals surface area contributed by atoms with Crippen molar-refractivity contribution in [3.63, 3.8) is 0 Å². The van der Waals surface area contributed by atoms with Crippen molar-refractivity contribution < 1.29 is 28.2 Å². The number of amides is 1. The van der Waals surface area contributed by atoms with Crippen LogP contribution >= 0.6 is 11.6 Å². The van der Waals surface area contributed by atoms with Crippen LogP contribution in [0.3, 0.4) is 0 Å². The van der Waals surface area contributed by atoms with Gasteiger partial charge in [-0.15, -0.1) is 0 Å². The molecular weight excluding hydrogens is 403 g/mol. The number of carbonyl (C=O) groups is 2. The molecule has 0 aliphatic heterocycles. The van der Waals surface area contributed by atoms with Gasteiger partial charge < -0.3 is 19.6 Å². The number of phenolic OH excluding ortho intramolecular Hbond substituents is 1. The maximum absolute atomic E-state index is 13.3. The Balaban J connectivity index is 1.93. The molecule has 0 aliphatic carbocycles. The Morgan fingerprint density at radius 1 is 1.17 bits per heavy atom. The normalized spacial score (nSPS) is 10.4. The highest BCUT2D eigenvalue weighted by atomic mass is 35.5. The van der Waals surface area contributed by atoms with E-state index in [1.54, 1.807) is 0 Å². The Morgan fingerprint density at radius 2 is 1.93 bits per heavy atom. The molecule has 1 amide bonds. The maximum atomic E-state index is 13.3. The summed E-state index contributed by atoms with van der Waals surface area (Å²) < 4.78 is 23.3. The quantitative estimate of drug-likeness (QED) is 0.548. The Kier molecular flexibility index (Phi) is 5.65. The van der Waals surface area contributed by atoms with Crippen molar-refractivity contribution in [2.45, 2.75) is 0 Å². The van der Waals surface area contributed by atoms with Crippen LogP contribution in [0.2, 0.25) is 5.02 Å². The molecule has 9 heteroatoms. The first kappa shape index (κ1) is 20.1. The molecule has 0 atom stereocenters. The van der Waals surface area contributed by atoms with Gasteiger partial charge in [-0.2, -0.15) is 0 Å². The maximum Gasteiger partial charge on any atom is 0.261 e. The van der Waals surface area contributed by atoms with E-state index in [1.807, 2.05) is 0 Å². The third kappa shape index (κ3) is 4.27. The van der Waals surface area contributed by atoms with Crippen LogP contribution in [-0.2, 0) is 0 Å². The first-order valence-corrected chi connectivity index (χ1v) is 8.53. The van der Waals surface area contributed by atoms with Crippen LogP contribution in [0.15, 0.2) is 53.1 Å². The molecule has 1 heterocycles. The predicted molar refractivity (Wildman–Crippen MR) is 102 cm³/mol. The molecule has 0 fully saturated rings. The van der Waals surface area contributed by atoms with Gasteiger partial charge in [-0.1, -0.05) is 11.6 Å². The summed E-state index contributed by atoms with van der Waals surface area (Å²) >= 11 is 5.69. The monoisotopic (exact) mass is 416 g/mol. The van der Waals surface area contributed by atoms with E-state index in [0.717, 1.165) is 18.4 Å². The van der Waals surface area contributed by atoms with Gasteiger partial charge in [0.1, 0.15) is 29.1 Å². The van der Waals surface area contributed by atoms with Gasteiger partial charge in [0.25, 0.3) is 5.91 Å². The molecular formula is C20H14ClFN2O5. The number of hydrogen-bond donors (Lipinski definition) is 3. The summed E-state index contributed by atoms with van der Waals surface area (Å²) in [5.41, 5.74) is -0.649. The van der Waals surface area contributed by atoms with E-state index in [9.17, 15) is 19.1 Å².